The highest BCUT2D eigenvalue weighted by molar-refractivity contribution is 7.10. The first-order valence-electron chi connectivity index (χ1n) is 10.2. The SMILES string of the molecule is CC(=O)NC(CC(=O)N(CCN1CCCC1)Cc1ccc(Cl)c(Cl)c1)c1cccs1. The van der Waals surface area contributed by atoms with Gasteiger partial charge in [0.1, 0.15) is 0 Å². The van der Waals surface area contributed by atoms with E-state index >= 15 is 0 Å². The minimum absolute atomic E-state index is 0.00687. The summed E-state index contributed by atoms with van der Waals surface area (Å²) < 4.78 is 0. The van der Waals surface area contributed by atoms with Gasteiger partial charge < -0.3 is 15.1 Å². The Morgan fingerprint density at radius 1 is 1.20 bits per heavy atom. The van der Waals surface area contributed by atoms with Gasteiger partial charge in [-0.3, -0.25) is 9.59 Å². The molecular weight excluding hydrogens is 441 g/mol. The minimum atomic E-state index is -0.321. The Hall–Kier alpha value is -1.60. The predicted octanol–water partition coefficient (Wildman–Crippen LogP) is 4.75. The van der Waals surface area contributed by atoms with Crippen LogP contribution >= 0.6 is 34.5 Å². The van der Waals surface area contributed by atoms with E-state index in [0.29, 0.717) is 23.1 Å². The van der Waals surface area contributed by atoms with Crippen LogP contribution in [-0.4, -0.2) is 47.8 Å². The fourth-order valence-corrected chi connectivity index (χ4v) is 4.78. The average Bonchev–Trinajstić information content (AvgIpc) is 3.41. The van der Waals surface area contributed by atoms with Crippen molar-refractivity contribution in [1.29, 1.82) is 0 Å². The molecule has 1 atom stereocenters. The van der Waals surface area contributed by atoms with Gasteiger partial charge in [-0.15, -0.1) is 11.3 Å². The van der Waals surface area contributed by atoms with Gasteiger partial charge in [0.05, 0.1) is 22.5 Å². The van der Waals surface area contributed by atoms with E-state index in [2.05, 4.69) is 10.2 Å². The van der Waals surface area contributed by atoms with Gasteiger partial charge in [-0.2, -0.15) is 0 Å². The first-order chi connectivity index (χ1) is 14.4. The van der Waals surface area contributed by atoms with Crippen molar-refractivity contribution in [3.05, 3.63) is 56.2 Å². The maximum Gasteiger partial charge on any atom is 0.225 e. The van der Waals surface area contributed by atoms with Crippen LogP contribution in [0.1, 0.15) is 42.7 Å². The molecule has 3 rings (SSSR count). The van der Waals surface area contributed by atoms with Gasteiger partial charge in [0.15, 0.2) is 0 Å². The molecule has 1 fully saturated rings. The fourth-order valence-electron chi connectivity index (χ4n) is 3.68. The fraction of sp³-hybridized carbons (Fsp3) is 0.455. The van der Waals surface area contributed by atoms with Crippen LogP contribution in [0.4, 0.5) is 0 Å². The summed E-state index contributed by atoms with van der Waals surface area (Å²) in [6, 6.07) is 9.03. The van der Waals surface area contributed by atoms with E-state index in [-0.39, 0.29) is 24.3 Å². The van der Waals surface area contributed by atoms with Gasteiger partial charge in [-0.25, -0.2) is 0 Å². The second-order valence-corrected chi connectivity index (χ2v) is 9.38. The molecule has 0 spiro atoms. The third kappa shape index (κ3) is 6.71. The van der Waals surface area contributed by atoms with Crippen molar-refractivity contribution in [2.75, 3.05) is 26.2 Å². The van der Waals surface area contributed by atoms with Crippen LogP contribution in [-0.2, 0) is 16.1 Å². The molecule has 1 aliphatic rings. The van der Waals surface area contributed by atoms with E-state index in [1.807, 2.05) is 34.5 Å². The quantitative estimate of drug-likeness (QED) is 0.578. The van der Waals surface area contributed by atoms with Crippen molar-refractivity contribution in [3.8, 4) is 0 Å². The number of carbonyl (C=O) groups is 2. The second-order valence-electron chi connectivity index (χ2n) is 7.59. The zero-order valence-corrected chi connectivity index (χ0v) is 19.4. The van der Waals surface area contributed by atoms with Gasteiger partial charge in [-0.1, -0.05) is 35.3 Å². The summed E-state index contributed by atoms with van der Waals surface area (Å²) >= 11 is 13.8. The number of rotatable bonds is 9. The van der Waals surface area contributed by atoms with Crippen molar-refractivity contribution in [2.24, 2.45) is 0 Å². The van der Waals surface area contributed by atoms with Gasteiger partial charge in [0, 0.05) is 31.4 Å². The third-order valence-corrected chi connectivity index (χ3v) is 6.96. The number of hydrogen-bond donors (Lipinski definition) is 1. The van der Waals surface area contributed by atoms with Crippen molar-refractivity contribution in [1.82, 2.24) is 15.1 Å². The molecule has 2 aromatic rings. The first-order valence-corrected chi connectivity index (χ1v) is 11.8. The first kappa shape index (κ1) is 23.1. The lowest BCUT2D eigenvalue weighted by Crippen LogP contribution is -2.39. The molecule has 0 bridgehead atoms. The van der Waals surface area contributed by atoms with Crippen molar-refractivity contribution < 1.29 is 9.59 Å². The lowest BCUT2D eigenvalue weighted by molar-refractivity contribution is -0.132. The zero-order chi connectivity index (χ0) is 21.5. The molecule has 0 aliphatic carbocycles. The van der Waals surface area contributed by atoms with Gasteiger partial charge in [-0.05, 0) is 55.1 Å². The molecule has 30 heavy (non-hydrogen) atoms. The number of benzene rings is 1. The molecule has 1 N–H and O–H groups in total. The highest BCUT2D eigenvalue weighted by Crippen LogP contribution is 2.25. The average molecular weight is 468 g/mol. The predicted molar refractivity (Wildman–Crippen MR) is 123 cm³/mol. The number of nitrogens with zero attached hydrogens (tertiary/aromatic N) is 2. The van der Waals surface area contributed by atoms with Crippen molar-refractivity contribution >= 4 is 46.4 Å². The molecule has 1 aromatic carbocycles. The van der Waals surface area contributed by atoms with E-state index in [4.69, 9.17) is 23.2 Å². The van der Waals surface area contributed by atoms with Crippen LogP contribution in [0.15, 0.2) is 35.7 Å². The number of nitrogens with one attached hydrogen (secondary N) is 1. The molecule has 1 saturated heterocycles. The normalized spacial score (nSPS) is 15.2. The van der Waals surface area contributed by atoms with Gasteiger partial charge in [0.2, 0.25) is 11.8 Å². The van der Waals surface area contributed by atoms with Gasteiger partial charge in [0.25, 0.3) is 0 Å². The second kappa shape index (κ2) is 11.1. The molecule has 5 nitrogen and oxygen atoms in total. The van der Waals surface area contributed by atoms with E-state index in [9.17, 15) is 9.59 Å². The van der Waals surface area contributed by atoms with Crippen LogP contribution in [0.3, 0.4) is 0 Å². The lowest BCUT2D eigenvalue weighted by Gasteiger charge is -2.27. The Morgan fingerprint density at radius 2 is 1.97 bits per heavy atom. The number of thiophene rings is 1. The Kier molecular flexibility index (Phi) is 8.57. The molecule has 2 amide bonds. The van der Waals surface area contributed by atoms with Crippen LogP contribution in [0, 0.1) is 0 Å². The number of halogens is 2. The third-order valence-electron chi connectivity index (χ3n) is 5.24. The summed E-state index contributed by atoms with van der Waals surface area (Å²) in [5, 5.41) is 5.86. The Morgan fingerprint density at radius 3 is 2.60 bits per heavy atom. The summed E-state index contributed by atoms with van der Waals surface area (Å²) in [5.74, 6) is -0.137. The van der Waals surface area contributed by atoms with Crippen LogP contribution < -0.4 is 5.32 Å². The van der Waals surface area contributed by atoms with E-state index in [0.717, 1.165) is 30.1 Å². The Balaban J connectivity index is 1.73. The summed E-state index contributed by atoms with van der Waals surface area (Å²) in [6.45, 7) is 5.58. The van der Waals surface area contributed by atoms with Crippen molar-refractivity contribution in [3.63, 3.8) is 0 Å². The molecule has 162 valence electrons. The summed E-state index contributed by atoms with van der Waals surface area (Å²) in [6.07, 6.45) is 2.65. The molecule has 1 unspecified atom stereocenters. The summed E-state index contributed by atoms with van der Waals surface area (Å²) in [5.41, 5.74) is 0.936. The number of carbonyl (C=O) groups excluding carboxylic acids is 2. The molecule has 0 radical (unpaired) electrons. The molecule has 8 heteroatoms. The standard InChI is InChI=1S/C22H27Cl2N3O2S/c1-16(28)25-20(21-5-4-12-30-21)14-22(29)27(11-10-26-8-2-3-9-26)15-17-6-7-18(23)19(24)13-17/h4-7,12-13,20H,2-3,8-11,14-15H2,1H3,(H,25,28). The van der Waals surface area contributed by atoms with Crippen LogP contribution in [0.2, 0.25) is 10.0 Å². The summed E-state index contributed by atoms with van der Waals surface area (Å²) in [4.78, 5) is 30.2. The molecule has 2 heterocycles. The molecule has 1 aliphatic heterocycles. The highest BCUT2D eigenvalue weighted by atomic mass is 35.5. The monoisotopic (exact) mass is 467 g/mol. The zero-order valence-electron chi connectivity index (χ0n) is 17.1. The summed E-state index contributed by atoms with van der Waals surface area (Å²) in [7, 11) is 0. The topological polar surface area (TPSA) is 52.7 Å². The van der Waals surface area contributed by atoms with Crippen LogP contribution in [0.25, 0.3) is 0 Å². The van der Waals surface area contributed by atoms with Gasteiger partial charge >= 0.3 is 0 Å². The highest BCUT2D eigenvalue weighted by Gasteiger charge is 2.23. The van der Waals surface area contributed by atoms with Crippen LogP contribution in [0.5, 0.6) is 0 Å². The Bertz CT molecular complexity index is 854. The lowest BCUT2D eigenvalue weighted by atomic mass is 10.1. The van der Waals surface area contributed by atoms with E-state index in [1.165, 1.54) is 19.8 Å². The minimum Gasteiger partial charge on any atom is -0.348 e. The smallest absolute Gasteiger partial charge is 0.225 e. The van der Waals surface area contributed by atoms with Crippen molar-refractivity contribution in [2.45, 2.75) is 38.8 Å². The van der Waals surface area contributed by atoms with E-state index < -0.39 is 0 Å². The molecular formula is C22H27Cl2N3O2S. The maximum absolute atomic E-state index is 13.3. The maximum atomic E-state index is 13.3. The number of hydrogen-bond acceptors (Lipinski definition) is 4. The Labute approximate surface area is 192 Å². The van der Waals surface area contributed by atoms with E-state index in [1.54, 1.807) is 17.4 Å². The number of amides is 2. The number of likely N-dealkylation sites (tertiary alicyclic amines) is 1. The largest absolute Gasteiger partial charge is 0.348 e. The molecule has 0 saturated carbocycles. The molecule has 1 aromatic heterocycles.